The third-order valence-electron chi connectivity index (χ3n) is 3.48. The predicted octanol–water partition coefficient (Wildman–Crippen LogP) is 4.41. The van der Waals surface area contributed by atoms with Gasteiger partial charge in [0.05, 0.1) is 0 Å². The molecule has 1 nitrogen and oxygen atoms in total. The van der Waals surface area contributed by atoms with Crippen molar-refractivity contribution in [3.05, 3.63) is 0 Å². The van der Waals surface area contributed by atoms with Crippen LogP contribution < -0.4 is 0 Å². The molecule has 0 rings (SSSR count). The molecule has 2 unspecified atom stereocenters. The van der Waals surface area contributed by atoms with E-state index in [9.17, 15) is 0 Å². The molecule has 0 saturated carbocycles. The van der Waals surface area contributed by atoms with E-state index < -0.39 is 0 Å². The molecule has 0 aromatic heterocycles. The van der Waals surface area contributed by atoms with Crippen LogP contribution in [0.1, 0.15) is 48.0 Å². The summed E-state index contributed by atoms with van der Waals surface area (Å²) in [7, 11) is 2.26. The van der Waals surface area contributed by atoms with Gasteiger partial charge >= 0.3 is 0 Å². The molecule has 0 aromatic carbocycles. The number of halogens is 1. The maximum absolute atomic E-state index is 3.65. The van der Waals surface area contributed by atoms with Gasteiger partial charge in [0, 0.05) is 17.9 Å². The first-order valence-electron chi connectivity index (χ1n) is 6.44. The van der Waals surface area contributed by atoms with E-state index in [4.69, 9.17) is 0 Å². The van der Waals surface area contributed by atoms with Crippen molar-refractivity contribution in [2.24, 2.45) is 17.3 Å². The minimum atomic E-state index is 0.384. The standard InChI is InChI=1S/C14H30BrN/c1-11(2)8-12(3)16(7)10-13(9-15)14(4,5)6/h11-13H,8-10H2,1-7H3. The third-order valence-corrected chi connectivity index (χ3v) is 4.27. The van der Waals surface area contributed by atoms with Crippen LogP contribution in [0.25, 0.3) is 0 Å². The molecule has 0 N–H and O–H groups in total. The first-order chi connectivity index (χ1) is 7.18. The molecule has 16 heavy (non-hydrogen) atoms. The number of rotatable bonds is 6. The Kier molecular flexibility index (Phi) is 7.20. The highest BCUT2D eigenvalue weighted by atomic mass is 79.9. The molecule has 98 valence electrons. The van der Waals surface area contributed by atoms with Crippen molar-refractivity contribution >= 4 is 15.9 Å². The smallest absolute Gasteiger partial charge is 0.00768 e. The van der Waals surface area contributed by atoms with Gasteiger partial charge in [-0.3, -0.25) is 0 Å². The number of alkyl halides is 1. The fourth-order valence-electron chi connectivity index (χ4n) is 1.94. The SMILES string of the molecule is CC(C)CC(C)N(C)CC(CBr)C(C)(C)C. The molecule has 0 fully saturated rings. The van der Waals surface area contributed by atoms with Crippen LogP contribution in [0.4, 0.5) is 0 Å². The van der Waals surface area contributed by atoms with E-state index in [1.54, 1.807) is 0 Å². The van der Waals surface area contributed by atoms with Crippen LogP contribution in [-0.2, 0) is 0 Å². The molecule has 0 bridgehead atoms. The van der Waals surface area contributed by atoms with Crippen molar-refractivity contribution in [2.45, 2.75) is 54.0 Å². The highest BCUT2D eigenvalue weighted by Crippen LogP contribution is 2.28. The Balaban J connectivity index is 4.25. The number of hydrogen-bond acceptors (Lipinski definition) is 1. The molecule has 0 amide bonds. The fraction of sp³-hybridized carbons (Fsp3) is 1.00. The Labute approximate surface area is 111 Å². The second kappa shape index (κ2) is 7.00. The van der Waals surface area contributed by atoms with Crippen molar-refractivity contribution in [3.63, 3.8) is 0 Å². The maximum Gasteiger partial charge on any atom is 0.00768 e. The molecule has 0 radical (unpaired) electrons. The highest BCUT2D eigenvalue weighted by molar-refractivity contribution is 9.09. The molecule has 0 aliphatic carbocycles. The Bertz CT molecular complexity index is 184. The largest absolute Gasteiger partial charge is 0.303 e. The predicted molar refractivity (Wildman–Crippen MR) is 78.3 cm³/mol. The van der Waals surface area contributed by atoms with Gasteiger partial charge in [-0.15, -0.1) is 0 Å². The normalized spacial score (nSPS) is 16.9. The van der Waals surface area contributed by atoms with Gasteiger partial charge in [-0.2, -0.15) is 0 Å². The van der Waals surface area contributed by atoms with E-state index in [-0.39, 0.29) is 0 Å². The highest BCUT2D eigenvalue weighted by Gasteiger charge is 2.26. The van der Waals surface area contributed by atoms with Crippen LogP contribution in [0, 0.1) is 17.3 Å². The van der Waals surface area contributed by atoms with Crippen LogP contribution in [0.3, 0.4) is 0 Å². The second-order valence-corrected chi connectivity index (χ2v) is 7.28. The Morgan fingerprint density at radius 3 is 1.94 bits per heavy atom. The van der Waals surface area contributed by atoms with Crippen molar-refractivity contribution in [2.75, 3.05) is 18.9 Å². The summed E-state index contributed by atoms with van der Waals surface area (Å²) in [5.41, 5.74) is 0.384. The minimum absolute atomic E-state index is 0.384. The van der Waals surface area contributed by atoms with Gasteiger partial charge in [-0.1, -0.05) is 50.5 Å². The summed E-state index contributed by atoms with van der Waals surface area (Å²) in [6.07, 6.45) is 1.29. The van der Waals surface area contributed by atoms with Crippen molar-refractivity contribution in [3.8, 4) is 0 Å². The zero-order valence-electron chi connectivity index (χ0n) is 12.2. The molecular formula is C14H30BrN. The quantitative estimate of drug-likeness (QED) is 0.655. The summed E-state index contributed by atoms with van der Waals surface area (Å²) >= 11 is 3.65. The summed E-state index contributed by atoms with van der Waals surface area (Å²) in [6, 6.07) is 0.684. The van der Waals surface area contributed by atoms with Crippen LogP contribution in [0.2, 0.25) is 0 Å². The summed E-state index contributed by atoms with van der Waals surface area (Å²) in [5.74, 6) is 1.50. The topological polar surface area (TPSA) is 3.24 Å². The first-order valence-corrected chi connectivity index (χ1v) is 7.56. The molecule has 2 heteroatoms. The number of nitrogens with zero attached hydrogens (tertiary/aromatic N) is 1. The van der Waals surface area contributed by atoms with Crippen LogP contribution in [0.15, 0.2) is 0 Å². The van der Waals surface area contributed by atoms with Crippen molar-refractivity contribution in [1.29, 1.82) is 0 Å². The second-order valence-electron chi connectivity index (χ2n) is 6.64. The third kappa shape index (κ3) is 6.24. The van der Waals surface area contributed by atoms with Crippen molar-refractivity contribution < 1.29 is 0 Å². The average molecular weight is 292 g/mol. The van der Waals surface area contributed by atoms with Gasteiger partial charge in [-0.05, 0) is 37.6 Å². The van der Waals surface area contributed by atoms with Crippen LogP contribution in [0.5, 0.6) is 0 Å². The lowest BCUT2D eigenvalue weighted by Crippen LogP contribution is -2.39. The van der Waals surface area contributed by atoms with Crippen LogP contribution in [-0.4, -0.2) is 29.9 Å². The summed E-state index contributed by atoms with van der Waals surface area (Å²) in [6.45, 7) is 15.1. The Morgan fingerprint density at radius 1 is 1.12 bits per heavy atom. The van der Waals surface area contributed by atoms with Gasteiger partial charge in [0.15, 0.2) is 0 Å². The van der Waals surface area contributed by atoms with E-state index in [1.165, 1.54) is 13.0 Å². The molecular weight excluding hydrogens is 262 g/mol. The molecule has 0 saturated heterocycles. The van der Waals surface area contributed by atoms with E-state index in [2.05, 4.69) is 69.4 Å². The molecule has 0 heterocycles. The van der Waals surface area contributed by atoms with E-state index in [1.807, 2.05) is 0 Å². The van der Waals surface area contributed by atoms with E-state index in [0.717, 1.165) is 11.2 Å². The maximum atomic E-state index is 3.65. The summed E-state index contributed by atoms with van der Waals surface area (Å²) in [5, 5.41) is 1.09. The minimum Gasteiger partial charge on any atom is -0.303 e. The van der Waals surface area contributed by atoms with Gasteiger partial charge in [0.25, 0.3) is 0 Å². The Morgan fingerprint density at radius 2 is 1.62 bits per heavy atom. The summed E-state index contributed by atoms with van der Waals surface area (Å²) in [4.78, 5) is 2.51. The molecule has 0 aromatic rings. The zero-order chi connectivity index (χ0) is 12.9. The fourth-order valence-corrected chi connectivity index (χ4v) is 3.12. The average Bonchev–Trinajstić information content (AvgIpc) is 2.10. The first kappa shape index (κ1) is 16.4. The van der Waals surface area contributed by atoms with Crippen LogP contribution >= 0.6 is 15.9 Å². The molecule has 0 aliphatic heterocycles. The molecule has 0 aliphatic rings. The summed E-state index contributed by atoms with van der Waals surface area (Å²) < 4.78 is 0. The van der Waals surface area contributed by atoms with E-state index >= 15 is 0 Å². The van der Waals surface area contributed by atoms with Gasteiger partial charge in [0.1, 0.15) is 0 Å². The lowest BCUT2D eigenvalue weighted by molar-refractivity contribution is 0.147. The van der Waals surface area contributed by atoms with E-state index in [0.29, 0.717) is 17.4 Å². The zero-order valence-corrected chi connectivity index (χ0v) is 13.8. The lowest BCUT2D eigenvalue weighted by atomic mass is 9.81. The van der Waals surface area contributed by atoms with Crippen molar-refractivity contribution in [1.82, 2.24) is 4.90 Å². The molecule has 0 spiro atoms. The van der Waals surface area contributed by atoms with Gasteiger partial charge in [-0.25, -0.2) is 0 Å². The lowest BCUT2D eigenvalue weighted by Gasteiger charge is -2.35. The van der Waals surface area contributed by atoms with Gasteiger partial charge in [0.2, 0.25) is 0 Å². The van der Waals surface area contributed by atoms with Gasteiger partial charge < -0.3 is 4.90 Å². The molecule has 2 atom stereocenters. The number of hydrogen-bond donors (Lipinski definition) is 0. The monoisotopic (exact) mass is 291 g/mol. The Hall–Kier alpha value is 0.440.